The van der Waals surface area contributed by atoms with E-state index in [0.29, 0.717) is 18.7 Å². The molecule has 3 rings (SSSR count). The molecule has 1 saturated carbocycles. The Labute approximate surface area is 143 Å². The molecule has 2 N–H and O–H groups in total. The number of benzene rings is 1. The van der Waals surface area contributed by atoms with Gasteiger partial charge in [-0.3, -0.25) is 4.79 Å². The molecule has 0 saturated heterocycles. The number of ketones is 1. The zero-order valence-electron chi connectivity index (χ0n) is 14.3. The monoisotopic (exact) mass is 330 g/mol. The molecule has 5 nitrogen and oxygen atoms in total. The average Bonchev–Trinajstić information content (AvgIpc) is 2.57. The summed E-state index contributed by atoms with van der Waals surface area (Å²) in [6, 6.07) is 5.39. The summed E-state index contributed by atoms with van der Waals surface area (Å²) in [6.45, 7) is 0.552. The van der Waals surface area contributed by atoms with E-state index in [1.165, 1.54) is 0 Å². The van der Waals surface area contributed by atoms with Crippen LogP contribution in [0.4, 0.5) is 10.5 Å². The highest BCUT2D eigenvalue weighted by Crippen LogP contribution is 2.26. The molecule has 0 unspecified atom stereocenters. The lowest BCUT2D eigenvalue weighted by Crippen LogP contribution is -2.40. The summed E-state index contributed by atoms with van der Waals surface area (Å²) < 4.78 is 0. The van der Waals surface area contributed by atoms with Gasteiger partial charge in [-0.15, -0.1) is 0 Å². The summed E-state index contributed by atoms with van der Waals surface area (Å²) in [5.74, 6) is 0.311. The van der Waals surface area contributed by atoms with E-state index in [1.54, 1.807) is 18.0 Å². The van der Waals surface area contributed by atoms with Crippen LogP contribution in [0, 0.1) is 5.92 Å². The summed E-state index contributed by atoms with van der Waals surface area (Å²) in [5.41, 5.74) is 2.47. The molecule has 1 aromatic carbocycles. The number of aliphatic hydroxyl groups is 1. The lowest BCUT2D eigenvalue weighted by atomic mass is 9.86. The second kappa shape index (κ2) is 7.34. The van der Waals surface area contributed by atoms with Gasteiger partial charge in [-0.05, 0) is 43.4 Å². The Morgan fingerprint density at radius 3 is 2.83 bits per heavy atom. The van der Waals surface area contributed by atoms with Gasteiger partial charge >= 0.3 is 6.03 Å². The second-order valence-electron chi connectivity index (χ2n) is 7.07. The van der Waals surface area contributed by atoms with Crippen LogP contribution in [0.25, 0.3) is 0 Å². The number of nitrogens with one attached hydrogen (secondary N) is 1. The Morgan fingerprint density at radius 1 is 1.25 bits per heavy atom. The van der Waals surface area contributed by atoms with Gasteiger partial charge in [0, 0.05) is 37.2 Å². The van der Waals surface area contributed by atoms with E-state index in [4.69, 9.17) is 0 Å². The van der Waals surface area contributed by atoms with Gasteiger partial charge in [0.25, 0.3) is 0 Å². The first-order chi connectivity index (χ1) is 11.5. The smallest absolute Gasteiger partial charge is 0.321 e. The van der Waals surface area contributed by atoms with Crippen LogP contribution in [0.1, 0.15) is 54.4 Å². The van der Waals surface area contributed by atoms with Gasteiger partial charge in [-0.25, -0.2) is 4.79 Å². The fraction of sp³-hybridized carbons (Fsp3) is 0.579. The number of Topliss-reactive ketones (excluding diaryl/α,β-unsaturated/α-hetero) is 1. The number of carbonyl (C=O) groups excluding carboxylic acids is 2. The van der Waals surface area contributed by atoms with E-state index < -0.39 is 0 Å². The Kier molecular flexibility index (Phi) is 5.19. The zero-order valence-corrected chi connectivity index (χ0v) is 14.3. The first-order valence-corrected chi connectivity index (χ1v) is 8.91. The van der Waals surface area contributed by atoms with Crippen LogP contribution in [0.3, 0.4) is 0 Å². The third-order valence-corrected chi connectivity index (χ3v) is 5.24. The van der Waals surface area contributed by atoms with Crippen molar-refractivity contribution in [3.05, 3.63) is 29.3 Å². The molecule has 2 aliphatic rings. The van der Waals surface area contributed by atoms with Crippen molar-refractivity contribution in [3.63, 3.8) is 0 Å². The number of rotatable bonds is 3. The maximum Gasteiger partial charge on any atom is 0.321 e. The molecule has 2 atom stereocenters. The maximum atomic E-state index is 12.4. The predicted molar refractivity (Wildman–Crippen MR) is 93.3 cm³/mol. The molecule has 0 heterocycles. The van der Waals surface area contributed by atoms with Crippen LogP contribution in [-0.4, -0.2) is 41.5 Å². The molecule has 0 spiro atoms. The van der Waals surface area contributed by atoms with Crippen LogP contribution >= 0.6 is 0 Å². The highest BCUT2D eigenvalue weighted by Gasteiger charge is 2.26. The molecule has 1 fully saturated rings. The minimum Gasteiger partial charge on any atom is -0.393 e. The fourth-order valence-corrected chi connectivity index (χ4v) is 3.76. The Balaban J connectivity index is 1.62. The number of aliphatic hydroxyl groups excluding tert-OH is 1. The Morgan fingerprint density at radius 2 is 2.04 bits per heavy atom. The molecule has 0 aliphatic heterocycles. The van der Waals surface area contributed by atoms with Crippen LogP contribution in [0.15, 0.2) is 18.2 Å². The van der Waals surface area contributed by atoms with Gasteiger partial charge in [0.1, 0.15) is 0 Å². The molecule has 0 bridgehead atoms. The summed E-state index contributed by atoms with van der Waals surface area (Å²) in [4.78, 5) is 26.0. The van der Waals surface area contributed by atoms with E-state index in [9.17, 15) is 14.7 Å². The van der Waals surface area contributed by atoms with Crippen molar-refractivity contribution in [1.82, 2.24) is 4.90 Å². The molecule has 24 heavy (non-hydrogen) atoms. The number of hydrogen-bond donors (Lipinski definition) is 2. The van der Waals surface area contributed by atoms with Crippen molar-refractivity contribution in [2.45, 2.75) is 51.0 Å². The van der Waals surface area contributed by atoms with Crippen molar-refractivity contribution in [3.8, 4) is 0 Å². The highest BCUT2D eigenvalue weighted by molar-refractivity contribution is 6.00. The first kappa shape index (κ1) is 17.0. The van der Waals surface area contributed by atoms with Crippen LogP contribution in [0.2, 0.25) is 0 Å². The molecule has 0 radical (unpaired) electrons. The Hall–Kier alpha value is -1.88. The first-order valence-electron chi connectivity index (χ1n) is 8.91. The minimum atomic E-state index is -0.310. The van der Waals surface area contributed by atoms with E-state index in [0.717, 1.165) is 49.7 Å². The third kappa shape index (κ3) is 3.78. The summed E-state index contributed by atoms with van der Waals surface area (Å²) >= 11 is 0. The van der Waals surface area contributed by atoms with E-state index >= 15 is 0 Å². The largest absolute Gasteiger partial charge is 0.393 e. The fourth-order valence-electron chi connectivity index (χ4n) is 3.76. The highest BCUT2D eigenvalue weighted by atomic mass is 16.3. The van der Waals surface area contributed by atoms with E-state index in [-0.39, 0.29) is 23.8 Å². The quantitative estimate of drug-likeness (QED) is 0.894. The number of fused-ring (bicyclic) bond motifs is 1. The lowest BCUT2D eigenvalue weighted by Gasteiger charge is -2.31. The van der Waals surface area contributed by atoms with Gasteiger partial charge in [0.2, 0.25) is 0 Å². The predicted octanol–water partition coefficient (Wildman–Crippen LogP) is 3.22. The van der Waals surface area contributed by atoms with Crippen LogP contribution in [-0.2, 0) is 6.42 Å². The number of aryl methyl sites for hydroxylation is 1. The molecule has 2 aliphatic carbocycles. The van der Waals surface area contributed by atoms with Gasteiger partial charge < -0.3 is 15.3 Å². The summed E-state index contributed by atoms with van der Waals surface area (Å²) in [6.07, 6.45) is 6.08. The molecule has 130 valence electrons. The second-order valence-corrected chi connectivity index (χ2v) is 7.07. The van der Waals surface area contributed by atoms with Crippen molar-refractivity contribution in [2.24, 2.45) is 5.92 Å². The summed E-state index contributed by atoms with van der Waals surface area (Å²) in [7, 11) is 1.75. The normalized spacial score (nSPS) is 23.5. The van der Waals surface area contributed by atoms with Gasteiger partial charge in [0.05, 0.1) is 6.10 Å². The van der Waals surface area contributed by atoms with Crippen molar-refractivity contribution >= 4 is 17.5 Å². The van der Waals surface area contributed by atoms with Crippen molar-refractivity contribution in [1.29, 1.82) is 0 Å². The number of carbonyl (C=O) groups is 2. The average molecular weight is 330 g/mol. The van der Waals surface area contributed by atoms with E-state index in [2.05, 4.69) is 5.32 Å². The van der Waals surface area contributed by atoms with Crippen molar-refractivity contribution in [2.75, 3.05) is 18.9 Å². The van der Waals surface area contributed by atoms with Gasteiger partial charge in [-0.1, -0.05) is 18.9 Å². The Bertz CT molecular complexity index is 629. The molecule has 1 aromatic rings. The van der Waals surface area contributed by atoms with Crippen LogP contribution < -0.4 is 5.32 Å². The third-order valence-electron chi connectivity index (χ3n) is 5.24. The standard InChI is InChI=1S/C19H26N2O3/c1-21(12-14-5-2-3-7-17(14)22)19(24)20-15-10-9-13-6-4-8-18(23)16(13)11-15/h9-11,14,17,22H,2-8,12H2,1H3,(H,20,24)/t14-,17-/m0/s1. The summed E-state index contributed by atoms with van der Waals surface area (Å²) in [5, 5.41) is 12.9. The topological polar surface area (TPSA) is 69.6 Å². The van der Waals surface area contributed by atoms with E-state index in [1.807, 2.05) is 12.1 Å². The number of anilines is 1. The molecule has 2 amide bonds. The SMILES string of the molecule is CN(C[C@@H]1CCCC[C@@H]1O)C(=O)Nc1ccc2c(c1)C(=O)CCC2. The minimum absolute atomic E-state index is 0.152. The number of amides is 2. The molecular formula is C19H26N2O3. The molecule has 0 aromatic heterocycles. The molecular weight excluding hydrogens is 304 g/mol. The number of hydrogen-bond acceptors (Lipinski definition) is 3. The van der Waals surface area contributed by atoms with Gasteiger partial charge in [0.15, 0.2) is 5.78 Å². The number of nitrogens with zero attached hydrogens (tertiary/aromatic N) is 1. The zero-order chi connectivity index (χ0) is 17.1. The maximum absolute atomic E-state index is 12.4. The number of urea groups is 1. The lowest BCUT2D eigenvalue weighted by molar-refractivity contribution is 0.0575. The van der Waals surface area contributed by atoms with Gasteiger partial charge in [-0.2, -0.15) is 0 Å². The molecule has 5 heteroatoms. The van der Waals surface area contributed by atoms with Crippen molar-refractivity contribution < 1.29 is 14.7 Å². The van der Waals surface area contributed by atoms with Crippen LogP contribution in [0.5, 0.6) is 0 Å².